The van der Waals surface area contributed by atoms with Gasteiger partial charge in [-0.1, -0.05) is 196 Å². The molecule has 0 unspecified atom stereocenters. The van der Waals surface area contributed by atoms with Gasteiger partial charge in [-0.05, 0) is 111 Å². The summed E-state index contributed by atoms with van der Waals surface area (Å²) in [5, 5.41) is 16.1. The summed E-state index contributed by atoms with van der Waals surface area (Å²) in [5.41, 5.74) is -0.109. The molecule has 1 N–H and O–H groups in total. The van der Waals surface area contributed by atoms with Crippen LogP contribution in [-0.2, 0) is 23.2 Å². The van der Waals surface area contributed by atoms with Crippen LogP contribution in [0.1, 0.15) is 88.5 Å². The first-order valence-corrected chi connectivity index (χ1v) is 28.2. The quantitative estimate of drug-likeness (QED) is 0.0319. The second-order valence-corrected chi connectivity index (χ2v) is 31.6. The molecule has 0 saturated carbocycles. The third kappa shape index (κ3) is 10.5. The number of aliphatic hydroxyl groups excluding tert-OH is 1. The van der Waals surface area contributed by atoms with Crippen molar-refractivity contribution in [1.82, 2.24) is 0 Å². The molecule has 4 aromatic carbocycles. The number of Topliss-reactive ketones (excluding diaryl/α,β-unsaturated/α-hetero) is 1. The summed E-state index contributed by atoms with van der Waals surface area (Å²) in [4.78, 5) is 28.0. The Morgan fingerprint density at radius 2 is 1.22 bits per heavy atom. The molecule has 0 radical (unpaired) electrons. The van der Waals surface area contributed by atoms with Gasteiger partial charge in [-0.2, -0.15) is 0 Å². The average molecular weight is 1040 g/mol. The SMILES string of the molecule is CC(=C\[C@@H](C)C[C@H](C)[C@@H](C=C(Br)Br)O[Si](c1ccccc1)(c1ccccc1)C(C)(C)C)/C(O)=C1\C(=O)O[C@@]2(CC=C(CO[Si](c3ccccc3)(c3ccccc3)C(C)(C)C)[C@H](C)C2)C1=O. The van der Waals surface area contributed by atoms with Gasteiger partial charge in [0, 0.05) is 12.8 Å². The molecule has 1 fully saturated rings. The lowest BCUT2D eigenvalue weighted by molar-refractivity contribution is -0.152. The number of benzene rings is 4. The summed E-state index contributed by atoms with van der Waals surface area (Å²) in [7, 11) is -5.70. The van der Waals surface area contributed by atoms with Gasteiger partial charge in [0.25, 0.3) is 16.6 Å². The monoisotopic (exact) mass is 1040 g/mol. The number of hydrogen-bond donors (Lipinski definition) is 1. The van der Waals surface area contributed by atoms with Gasteiger partial charge in [-0.15, -0.1) is 0 Å². The zero-order valence-corrected chi connectivity index (χ0v) is 44.8. The molecule has 1 aliphatic carbocycles. The maximum atomic E-state index is 14.3. The zero-order valence-electron chi connectivity index (χ0n) is 39.7. The summed E-state index contributed by atoms with van der Waals surface area (Å²) in [5.74, 6) is -1.68. The molecule has 1 heterocycles. The lowest BCUT2D eigenvalue weighted by Gasteiger charge is -2.46. The Hall–Kier alpha value is -3.91. The lowest BCUT2D eigenvalue weighted by atomic mass is 9.76. The number of aliphatic hydroxyl groups is 1. The maximum absolute atomic E-state index is 14.3. The van der Waals surface area contributed by atoms with Gasteiger partial charge in [0.2, 0.25) is 5.78 Å². The van der Waals surface area contributed by atoms with Crippen LogP contribution in [0.5, 0.6) is 0 Å². The molecule has 0 aromatic heterocycles. The third-order valence-corrected chi connectivity index (χ3v) is 24.0. The molecule has 1 aliphatic heterocycles. The first-order valence-electron chi connectivity index (χ1n) is 22.8. The van der Waals surface area contributed by atoms with Gasteiger partial charge in [0.1, 0.15) is 11.3 Å². The largest absolute Gasteiger partial charge is 0.507 e. The predicted octanol–water partition coefficient (Wildman–Crippen LogP) is 11.8. The topological polar surface area (TPSA) is 82.1 Å². The Kier molecular flexibility index (Phi) is 16.0. The number of carbonyl (C=O) groups is 2. The summed E-state index contributed by atoms with van der Waals surface area (Å²) in [6.07, 6.45) is 7.00. The Morgan fingerprint density at radius 1 is 0.769 bits per heavy atom. The minimum Gasteiger partial charge on any atom is -0.507 e. The number of ether oxygens (including phenoxy) is 1. The predicted molar refractivity (Wildman–Crippen MR) is 279 cm³/mol. The van der Waals surface area contributed by atoms with Gasteiger partial charge in [0.15, 0.2) is 5.60 Å². The van der Waals surface area contributed by atoms with E-state index in [9.17, 15) is 14.7 Å². The number of ketones is 1. The summed E-state index contributed by atoms with van der Waals surface area (Å²) >= 11 is 7.29. The highest BCUT2D eigenvalue weighted by Crippen LogP contribution is 2.45. The van der Waals surface area contributed by atoms with Gasteiger partial charge < -0.3 is 18.7 Å². The van der Waals surface area contributed by atoms with Crippen LogP contribution in [-0.4, -0.2) is 51.8 Å². The first-order chi connectivity index (χ1) is 30.7. The van der Waals surface area contributed by atoms with E-state index in [-0.39, 0.29) is 51.7 Å². The zero-order chi connectivity index (χ0) is 47.4. The molecule has 344 valence electrons. The summed E-state index contributed by atoms with van der Waals surface area (Å²) < 4.78 is 21.6. The highest BCUT2D eigenvalue weighted by atomic mass is 79.9. The van der Waals surface area contributed by atoms with E-state index in [2.05, 4.69) is 197 Å². The van der Waals surface area contributed by atoms with Crippen LogP contribution in [0.25, 0.3) is 0 Å². The van der Waals surface area contributed by atoms with Gasteiger partial charge in [-0.25, -0.2) is 4.79 Å². The number of hydrogen-bond acceptors (Lipinski definition) is 6. The Morgan fingerprint density at radius 3 is 1.63 bits per heavy atom. The summed E-state index contributed by atoms with van der Waals surface area (Å²) in [6.45, 7) is 22.1. The van der Waals surface area contributed by atoms with E-state index in [1.165, 1.54) is 20.7 Å². The van der Waals surface area contributed by atoms with Gasteiger partial charge >= 0.3 is 5.97 Å². The number of halogens is 2. The summed E-state index contributed by atoms with van der Waals surface area (Å²) in [6, 6.07) is 42.3. The van der Waals surface area contributed by atoms with Crippen LogP contribution in [0.2, 0.25) is 10.1 Å². The number of esters is 1. The first kappa shape index (κ1) is 50.5. The van der Waals surface area contributed by atoms with E-state index in [1.54, 1.807) is 6.92 Å². The molecule has 0 bridgehead atoms. The molecule has 4 aromatic rings. The van der Waals surface area contributed by atoms with Crippen LogP contribution >= 0.6 is 31.9 Å². The van der Waals surface area contributed by atoms with Crippen molar-refractivity contribution in [2.75, 3.05) is 6.61 Å². The Labute approximate surface area is 406 Å². The normalized spacial score (nSPS) is 20.8. The van der Waals surface area contributed by atoms with Crippen molar-refractivity contribution in [2.24, 2.45) is 17.8 Å². The van der Waals surface area contributed by atoms with E-state index in [0.29, 0.717) is 25.0 Å². The molecule has 1 saturated heterocycles. The van der Waals surface area contributed by atoms with Crippen LogP contribution in [0.3, 0.4) is 0 Å². The Balaban J connectivity index is 1.22. The van der Waals surface area contributed by atoms with Gasteiger partial charge in [-0.3, -0.25) is 4.79 Å². The maximum Gasteiger partial charge on any atom is 0.346 e. The van der Waals surface area contributed by atoms with Crippen LogP contribution in [0.4, 0.5) is 0 Å². The van der Waals surface area contributed by atoms with Crippen molar-refractivity contribution in [3.63, 3.8) is 0 Å². The van der Waals surface area contributed by atoms with E-state index < -0.39 is 34.0 Å². The van der Waals surface area contributed by atoms with E-state index in [0.717, 1.165) is 8.96 Å². The van der Waals surface area contributed by atoms with Crippen molar-refractivity contribution in [3.05, 3.63) is 165 Å². The molecular weight excluding hydrogens is 973 g/mol. The minimum atomic E-state index is -2.90. The van der Waals surface area contributed by atoms with Crippen molar-refractivity contribution in [3.8, 4) is 0 Å². The van der Waals surface area contributed by atoms with E-state index in [4.69, 9.17) is 13.6 Å². The third-order valence-electron chi connectivity index (χ3n) is 13.4. The molecule has 0 amide bonds. The highest BCUT2D eigenvalue weighted by Gasteiger charge is 2.56. The van der Waals surface area contributed by atoms with E-state index in [1.807, 2.05) is 36.4 Å². The fourth-order valence-corrected chi connectivity index (χ4v) is 20.0. The molecule has 5 atom stereocenters. The molecule has 1 spiro atoms. The van der Waals surface area contributed by atoms with Gasteiger partial charge in [0.05, 0.1) is 16.1 Å². The number of rotatable bonds is 15. The lowest BCUT2D eigenvalue weighted by Crippen LogP contribution is -2.68. The molecule has 6 rings (SSSR count). The molecule has 65 heavy (non-hydrogen) atoms. The average Bonchev–Trinajstić information content (AvgIpc) is 3.49. The second-order valence-electron chi connectivity index (χ2n) is 20.2. The number of allylic oxidation sites excluding steroid dienone is 2. The van der Waals surface area contributed by atoms with Crippen LogP contribution in [0.15, 0.2) is 165 Å². The molecule has 2 aliphatic rings. The van der Waals surface area contributed by atoms with Crippen LogP contribution in [0, 0.1) is 17.8 Å². The van der Waals surface area contributed by atoms with Crippen molar-refractivity contribution < 1.29 is 28.3 Å². The molecule has 10 heteroatoms. The standard InChI is InChI=1S/C55H66Br2O6Si2/c1-38(33-39(2)47(35-48(56)57)63-65(54(8,9)10,45-27-19-13-20-28-45)46-29-21-14-22-30-46)34-40(3)50(58)49-51(59)55(62-52(49)60)32-31-42(41(4)36-55)37-61-64(53(5,6)7,43-23-15-11-16-24-43)44-25-17-12-18-26-44/h11-31,34-35,38-39,41,47,58H,32-33,36-37H2,1-10H3/b40-34+,50-49+/t38-,39-,41+,47+,55+/m0/s1. The smallest absolute Gasteiger partial charge is 0.346 e. The van der Waals surface area contributed by atoms with Crippen molar-refractivity contribution >= 4 is 81.0 Å². The fraction of sp³-hybridized carbons (Fsp3) is 0.382. The van der Waals surface area contributed by atoms with Crippen molar-refractivity contribution in [2.45, 2.75) is 110 Å². The minimum absolute atomic E-state index is 0.0299. The second kappa shape index (κ2) is 20.5. The Bertz CT molecular complexity index is 2340. The van der Waals surface area contributed by atoms with E-state index >= 15 is 0 Å². The van der Waals surface area contributed by atoms with Crippen molar-refractivity contribution in [1.29, 1.82) is 0 Å². The highest BCUT2D eigenvalue weighted by molar-refractivity contribution is 9.28. The molecule has 6 nitrogen and oxygen atoms in total. The fourth-order valence-electron chi connectivity index (χ4n) is 10.3. The van der Waals surface area contributed by atoms with Crippen LogP contribution < -0.4 is 20.7 Å². The molecular formula is C55H66Br2O6Si2. The number of carbonyl (C=O) groups excluding carboxylic acids is 2.